The summed E-state index contributed by atoms with van der Waals surface area (Å²) in [6, 6.07) is 114. The Morgan fingerprint density at radius 3 is 1.13 bits per heavy atom. The van der Waals surface area contributed by atoms with Gasteiger partial charge >= 0.3 is 0 Å². The van der Waals surface area contributed by atoms with Gasteiger partial charge in [-0.2, -0.15) is 0 Å². The number of nitrogens with one attached hydrogen (secondary N) is 1. The number of fused-ring (bicyclic) bond motifs is 20. The number of para-hydroxylation sites is 8. The molecule has 0 spiro atoms. The van der Waals surface area contributed by atoms with Gasteiger partial charge in [-0.25, -0.2) is 0 Å². The minimum atomic E-state index is -0.439. The normalized spacial score (nSPS) is 13.4. The van der Waals surface area contributed by atoms with Crippen LogP contribution in [0.1, 0.15) is 69.4 Å². The van der Waals surface area contributed by atoms with Gasteiger partial charge in [0.2, 0.25) is 0 Å². The molecule has 0 atom stereocenters. The standard InChI is InChI=1S/C107H80B3N5O6/c1-62-50-63(2)101(64(3)51-62)115-86-60-84-80(108-78-46-48-88-96(74-42-28-44-76(102(74)118-88)106(4,5)6)104(78)120-92-54-71(52-85(111-84)98(92)108)112(65-30-16-10-17-31-65)66-32-18-11-19-33-66)58-81(86)110-83-59-82-90(61-91(83)116-93-55-72(53-87(115)99(93)110)113(67-34-20-12-21-35-67)68-36-22-13-23-37-68)117-94-56-73(114(69-38-24-14-25-39-69)70-40-26-15-27-41-70)57-95-100(94)109(82)79-47-49-89-97(105(79)121-95)75-43-29-45-77(103(75)119-89)107(7,8)9/h10-61,111H,1-9H3. The molecule has 18 aromatic rings. The van der Waals surface area contributed by atoms with Crippen LogP contribution in [0.3, 0.4) is 0 Å². The average Bonchev–Trinajstić information content (AvgIpc) is 1.06. The van der Waals surface area contributed by atoms with Gasteiger partial charge in [0.25, 0.3) is 20.1 Å². The van der Waals surface area contributed by atoms with Crippen molar-refractivity contribution in [1.82, 2.24) is 0 Å². The minimum Gasteiger partial charge on any atom is -0.458 e. The smallest absolute Gasteiger partial charge is 0.260 e. The van der Waals surface area contributed by atoms with Gasteiger partial charge in [0, 0.05) is 115 Å². The summed E-state index contributed by atoms with van der Waals surface area (Å²) in [5.41, 5.74) is 31.7. The summed E-state index contributed by atoms with van der Waals surface area (Å²) in [4.78, 5) is 9.54. The number of nitrogens with zero attached hydrogens (tertiary/aromatic N) is 4. The van der Waals surface area contributed by atoms with Crippen LogP contribution >= 0.6 is 0 Å². The minimum absolute atomic E-state index is 0.210. The molecule has 0 amide bonds. The second-order valence-electron chi connectivity index (χ2n) is 35.3. The molecule has 16 aromatic carbocycles. The Kier molecular flexibility index (Phi) is 15.3. The van der Waals surface area contributed by atoms with E-state index >= 15 is 0 Å². The fourth-order valence-corrected chi connectivity index (χ4v) is 20.6. The molecule has 0 aliphatic carbocycles. The van der Waals surface area contributed by atoms with Crippen molar-refractivity contribution in [3.8, 4) is 46.0 Å². The highest BCUT2D eigenvalue weighted by atomic mass is 16.5. The lowest BCUT2D eigenvalue weighted by Gasteiger charge is -2.44. The molecular weight excluding hydrogens is 1480 g/mol. The molecule has 11 nitrogen and oxygen atoms in total. The number of rotatable bonds is 10. The molecule has 578 valence electrons. The second kappa shape index (κ2) is 26.3. The fourth-order valence-electron chi connectivity index (χ4n) is 20.6. The summed E-state index contributed by atoms with van der Waals surface area (Å²) >= 11 is 0. The van der Waals surface area contributed by atoms with E-state index in [-0.39, 0.29) is 17.5 Å². The summed E-state index contributed by atoms with van der Waals surface area (Å²) in [6.07, 6.45) is 0. The Balaban J connectivity index is 0.788. The van der Waals surface area contributed by atoms with E-state index in [0.717, 1.165) is 218 Å². The number of hydrogen-bond acceptors (Lipinski definition) is 11. The first-order valence-corrected chi connectivity index (χ1v) is 41.9. The van der Waals surface area contributed by atoms with Crippen LogP contribution < -0.4 is 93.0 Å². The SMILES string of the molecule is Cc1cc(C)c(N2c3cc4c(cc3B3c5cc6c(cc5Oc5cc(N(c7ccccc7)c7ccccc7)cc2c53)Oc2cc(N(c3ccccc3)c3ccccc3)cc3c2B6c2ccc5oc6c(C(C)(C)C)cccc6c5c2O3)B2c3ccc5oc6c(C(C)(C)C)cccc6c5c3Oc3cc(N(c5ccccc5)c5ccccc5)cc(c32)N4)c(C)c1. The summed E-state index contributed by atoms with van der Waals surface area (Å²) in [7, 11) is 0. The van der Waals surface area contributed by atoms with Crippen molar-refractivity contribution in [3.05, 3.63) is 343 Å². The summed E-state index contributed by atoms with van der Waals surface area (Å²) < 4.78 is 45.3. The zero-order chi connectivity index (χ0) is 81.2. The lowest BCUT2D eigenvalue weighted by molar-refractivity contribution is 0.457. The van der Waals surface area contributed by atoms with Gasteiger partial charge in [-0.3, -0.25) is 0 Å². The third kappa shape index (κ3) is 10.8. The van der Waals surface area contributed by atoms with Crippen molar-refractivity contribution < 1.29 is 27.8 Å². The Morgan fingerprint density at radius 2 is 0.686 bits per heavy atom. The molecule has 8 heterocycles. The van der Waals surface area contributed by atoms with E-state index < -0.39 is 13.4 Å². The van der Waals surface area contributed by atoms with E-state index in [9.17, 15) is 0 Å². The fraction of sp³-hybridized carbons (Fsp3) is 0.103. The molecule has 0 fully saturated rings. The largest absolute Gasteiger partial charge is 0.458 e. The molecule has 6 aliphatic rings. The molecule has 14 heteroatoms. The van der Waals surface area contributed by atoms with Crippen molar-refractivity contribution in [2.24, 2.45) is 0 Å². The van der Waals surface area contributed by atoms with E-state index in [1.165, 1.54) is 5.56 Å². The molecule has 0 bridgehead atoms. The highest BCUT2D eigenvalue weighted by Gasteiger charge is 2.50. The van der Waals surface area contributed by atoms with E-state index in [1.54, 1.807) is 0 Å². The Morgan fingerprint density at radius 1 is 0.298 bits per heavy atom. The monoisotopic (exact) mass is 1560 g/mol. The van der Waals surface area contributed by atoms with Gasteiger partial charge in [0.05, 0.1) is 33.5 Å². The van der Waals surface area contributed by atoms with Crippen LogP contribution in [-0.4, -0.2) is 20.1 Å². The molecule has 0 unspecified atom stereocenters. The van der Waals surface area contributed by atoms with Gasteiger partial charge in [-0.05, 0) is 190 Å². The Hall–Kier alpha value is -14.5. The van der Waals surface area contributed by atoms with Gasteiger partial charge in [0.15, 0.2) is 0 Å². The van der Waals surface area contributed by atoms with Crippen molar-refractivity contribution >= 4 is 193 Å². The molecule has 0 saturated carbocycles. The van der Waals surface area contributed by atoms with Crippen LogP contribution in [0.5, 0.6) is 46.0 Å². The number of aryl methyl sites for hydroxylation is 3. The quantitative estimate of drug-likeness (QED) is 0.133. The van der Waals surface area contributed by atoms with Crippen molar-refractivity contribution in [1.29, 1.82) is 0 Å². The van der Waals surface area contributed by atoms with Gasteiger partial charge in [-0.1, -0.05) is 229 Å². The highest BCUT2D eigenvalue weighted by molar-refractivity contribution is 7.03. The second-order valence-corrected chi connectivity index (χ2v) is 35.3. The van der Waals surface area contributed by atoms with Crippen molar-refractivity contribution in [2.45, 2.75) is 73.1 Å². The van der Waals surface area contributed by atoms with Gasteiger partial charge in [0.1, 0.15) is 68.3 Å². The number of furan rings is 2. The first-order chi connectivity index (χ1) is 59.0. The first kappa shape index (κ1) is 70.7. The van der Waals surface area contributed by atoms with E-state index in [2.05, 4.69) is 403 Å². The van der Waals surface area contributed by atoms with Crippen LogP contribution in [0.25, 0.3) is 43.9 Å². The van der Waals surface area contributed by atoms with Crippen LogP contribution in [0.2, 0.25) is 0 Å². The van der Waals surface area contributed by atoms with Crippen molar-refractivity contribution in [3.63, 3.8) is 0 Å². The van der Waals surface area contributed by atoms with E-state index in [4.69, 9.17) is 27.8 Å². The van der Waals surface area contributed by atoms with Gasteiger partial charge < -0.3 is 52.7 Å². The molecule has 0 saturated heterocycles. The zero-order valence-electron chi connectivity index (χ0n) is 68.5. The number of hydrogen-bond donors (Lipinski definition) is 1. The highest BCUT2D eigenvalue weighted by Crippen LogP contribution is 2.54. The summed E-state index contributed by atoms with van der Waals surface area (Å²) in [6.45, 7) is 19.1. The summed E-state index contributed by atoms with van der Waals surface area (Å²) in [5, 5.41) is 8.15. The lowest BCUT2D eigenvalue weighted by Crippen LogP contribution is -2.64. The maximum Gasteiger partial charge on any atom is 0.260 e. The van der Waals surface area contributed by atoms with Crippen LogP contribution in [0, 0.1) is 20.8 Å². The number of ether oxygens (including phenoxy) is 4. The van der Waals surface area contributed by atoms with Crippen LogP contribution in [-0.2, 0) is 10.8 Å². The third-order valence-corrected chi connectivity index (χ3v) is 25.6. The topological polar surface area (TPSA) is 88.2 Å². The third-order valence-electron chi connectivity index (χ3n) is 25.6. The Bertz CT molecular complexity index is 7270. The molecule has 0 radical (unpaired) electrons. The van der Waals surface area contributed by atoms with E-state index in [1.807, 2.05) is 0 Å². The molecule has 24 rings (SSSR count). The number of anilines is 14. The predicted molar refractivity (Wildman–Crippen MR) is 501 cm³/mol. The summed E-state index contributed by atoms with van der Waals surface area (Å²) in [5.74, 6) is 5.80. The Labute approximate surface area is 703 Å². The lowest BCUT2D eigenvalue weighted by atomic mass is 9.30. The van der Waals surface area contributed by atoms with E-state index in [0.29, 0.717) is 23.0 Å². The van der Waals surface area contributed by atoms with Crippen LogP contribution in [0.4, 0.5) is 79.6 Å². The average molecular weight is 1560 g/mol. The van der Waals surface area contributed by atoms with Gasteiger partial charge in [-0.15, -0.1) is 0 Å². The van der Waals surface area contributed by atoms with Crippen molar-refractivity contribution in [2.75, 3.05) is 24.9 Å². The van der Waals surface area contributed by atoms with Crippen LogP contribution in [0.15, 0.2) is 324 Å². The number of benzene rings is 16. The predicted octanol–water partition coefficient (Wildman–Crippen LogP) is 23.2. The molecule has 121 heavy (non-hydrogen) atoms. The molecule has 2 aromatic heterocycles. The molecule has 1 N–H and O–H groups in total. The maximum atomic E-state index is 7.95. The maximum absolute atomic E-state index is 7.95. The molecular formula is C107H80B3N5O6. The first-order valence-electron chi connectivity index (χ1n) is 41.9. The zero-order valence-corrected chi connectivity index (χ0v) is 68.5. The molecule has 6 aliphatic heterocycles.